The number of hydrogen-bond acceptors (Lipinski definition) is 2. The van der Waals surface area contributed by atoms with Crippen molar-refractivity contribution in [2.75, 3.05) is 9.80 Å². The Balaban J connectivity index is 0.854. The highest BCUT2D eigenvalue weighted by molar-refractivity contribution is 6.13. The average Bonchev–Trinajstić information content (AvgIpc) is 4.13. The third-order valence-electron chi connectivity index (χ3n) is 17.2. The van der Waals surface area contributed by atoms with Gasteiger partial charge in [-0.3, -0.25) is 0 Å². The monoisotopic (exact) mass is 926 g/mol. The Labute approximate surface area is 425 Å². The molecule has 1 fully saturated rings. The second kappa shape index (κ2) is 14.9. The normalized spacial score (nSPS) is 18.8. The molecule has 0 saturated heterocycles. The van der Waals surface area contributed by atoms with Gasteiger partial charge in [0, 0.05) is 33.5 Å². The minimum absolute atomic E-state index is 0.346. The molecule has 3 spiro atoms. The predicted octanol–water partition coefficient (Wildman–Crippen LogP) is 18.1. The van der Waals surface area contributed by atoms with Gasteiger partial charge >= 0.3 is 0 Å². The summed E-state index contributed by atoms with van der Waals surface area (Å²) in [5, 5.41) is 5.09. The van der Waals surface area contributed by atoms with E-state index in [1.165, 1.54) is 94.0 Å². The summed E-state index contributed by atoms with van der Waals surface area (Å²) in [6.45, 7) is 0. The van der Waals surface area contributed by atoms with Crippen LogP contribution in [0.15, 0.2) is 279 Å². The van der Waals surface area contributed by atoms with Crippen LogP contribution in [-0.2, 0) is 16.2 Å². The summed E-state index contributed by atoms with van der Waals surface area (Å²) in [5.74, 6) is 0. The van der Waals surface area contributed by atoms with Crippen molar-refractivity contribution in [1.29, 1.82) is 0 Å². The third kappa shape index (κ3) is 4.98. The maximum absolute atomic E-state index is 2.52. The first-order chi connectivity index (χ1) is 36.2. The van der Waals surface area contributed by atoms with Crippen molar-refractivity contribution < 1.29 is 0 Å². The molecule has 0 amide bonds. The average molecular weight is 927 g/mol. The zero-order valence-corrected chi connectivity index (χ0v) is 40.0. The van der Waals surface area contributed by atoms with E-state index in [0.29, 0.717) is 0 Å². The predicted molar refractivity (Wildman–Crippen MR) is 302 cm³/mol. The number of fused-ring (bicyclic) bond motifs is 7. The molecule has 0 aromatic heterocycles. The van der Waals surface area contributed by atoms with Crippen molar-refractivity contribution in [2.45, 2.75) is 16.2 Å². The molecule has 340 valence electrons. The van der Waals surface area contributed by atoms with E-state index in [0.717, 1.165) is 28.4 Å². The molecule has 3 atom stereocenters. The lowest BCUT2D eigenvalue weighted by atomic mass is 9.62. The van der Waals surface area contributed by atoms with Crippen LogP contribution < -0.4 is 9.80 Å². The van der Waals surface area contributed by atoms with Gasteiger partial charge < -0.3 is 9.80 Å². The van der Waals surface area contributed by atoms with Crippen molar-refractivity contribution in [3.05, 3.63) is 312 Å². The molecule has 2 nitrogen and oxygen atoms in total. The topological polar surface area (TPSA) is 6.48 Å². The summed E-state index contributed by atoms with van der Waals surface area (Å²) >= 11 is 0. The standard InChI is InChI=1S/C71H46N2/c1-3-21-50(22-4-1)72(66-36-17-20-49-19-7-8-25-54(49)66)52-41-37-47(38-42-52)48-39-43-53(44-40-48)73(51-23-5-2-6-24-51)67-46-45-65-68-59(67)30-18-35-64(68)70-62-33-15-11-28-57(62)55-26-9-13-31-60(55)69(70)61-32-14-10-27-56(61)58-29-12-16-34-63(58)71(65,69)70/h1-46H. The van der Waals surface area contributed by atoms with Crippen LogP contribution in [0.25, 0.3) is 54.9 Å². The number of para-hydroxylation sites is 2. The molecule has 3 unspecified atom stereocenters. The van der Waals surface area contributed by atoms with Gasteiger partial charge in [-0.2, -0.15) is 0 Å². The molecule has 0 N–H and O–H groups in total. The third-order valence-corrected chi connectivity index (χ3v) is 17.2. The Bertz CT molecular complexity index is 4100. The maximum Gasteiger partial charge on any atom is 0.0540 e. The van der Waals surface area contributed by atoms with Crippen LogP contribution in [0.3, 0.4) is 0 Å². The quantitative estimate of drug-likeness (QED) is 0.157. The van der Waals surface area contributed by atoms with E-state index >= 15 is 0 Å². The Kier molecular flexibility index (Phi) is 8.26. The van der Waals surface area contributed by atoms with E-state index in [-0.39, 0.29) is 16.2 Å². The van der Waals surface area contributed by atoms with Gasteiger partial charge in [-0.1, -0.05) is 218 Å². The molecule has 4 aliphatic carbocycles. The Morgan fingerprint density at radius 2 is 0.562 bits per heavy atom. The second-order valence-corrected chi connectivity index (χ2v) is 20.2. The molecule has 16 rings (SSSR count). The number of nitrogens with zero attached hydrogens (tertiary/aromatic N) is 2. The molecule has 0 aliphatic heterocycles. The molecule has 12 aromatic rings. The van der Waals surface area contributed by atoms with Gasteiger partial charge in [-0.25, -0.2) is 0 Å². The smallest absolute Gasteiger partial charge is 0.0540 e. The van der Waals surface area contributed by atoms with Gasteiger partial charge in [-0.05, 0) is 138 Å². The summed E-state index contributed by atoms with van der Waals surface area (Å²) in [5.41, 5.74) is 22.0. The summed E-state index contributed by atoms with van der Waals surface area (Å²) in [6, 6.07) is 105. The summed E-state index contributed by atoms with van der Waals surface area (Å²) in [4.78, 5) is 4.84. The van der Waals surface area contributed by atoms with Crippen molar-refractivity contribution in [3.8, 4) is 33.4 Å². The highest BCUT2D eigenvalue weighted by Crippen LogP contribution is 2.93. The lowest BCUT2D eigenvalue weighted by molar-refractivity contribution is 0.674. The Hall–Kier alpha value is -9.24. The number of rotatable bonds is 7. The molecular weight excluding hydrogens is 881 g/mol. The molecule has 0 heterocycles. The zero-order valence-electron chi connectivity index (χ0n) is 40.0. The minimum atomic E-state index is -0.379. The SMILES string of the molecule is c1ccc(N(c2ccc(-c3ccc(N(c4ccccc4)c4ccc5c6c(cccc46)C46c7ccccc7-c7ccccc7C47c4ccccc4-c4ccccc4C576)cc3)cc2)c2cccc3ccccc23)cc1. The second-order valence-electron chi connectivity index (χ2n) is 20.2. The first kappa shape index (κ1) is 40.5. The summed E-state index contributed by atoms with van der Waals surface area (Å²) in [6.07, 6.45) is 0. The highest BCUT2D eigenvalue weighted by atomic mass is 15.1. The van der Waals surface area contributed by atoms with Crippen LogP contribution in [0, 0.1) is 0 Å². The maximum atomic E-state index is 2.52. The van der Waals surface area contributed by atoms with Gasteiger partial charge in [0.05, 0.1) is 27.6 Å². The fourth-order valence-electron chi connectivity index (χ4n) is 14.8. The van der Waals surface area contributed by atoms with Gasteiger partial charge in [0.1, 0.15) is 0 Å². The minimum Gasteiger partial charge on any atom is -0.310 e. The highest BCUT2D eigenvalue weighted by Gasteiger charge is 2.94. The van der Waals surface area contributed by atoms with E-state index in [1.54, 1.807) is 0 Å². The summed E-state index contributed by atoms with van der Waals surface area (Å²) in [7, 11) is 0. The van der Waals surface area contributed by atoms with Crippen molar-refractivity contribution in [1.82, 2.24) is 0 Å². The van der Waals surface area contributed by atoms with Crippen LogP contribution in [0.4, 0.5) is 34.1 Å². The van der Waals surface area contributed by atoms with E-state index in [9.17, 15) is 0 Å². The number of hydrogen-bond donors (Lipinski definition) is 0. The van der Waals surface area contributed by atoms with Crippen molar-refractivity contribution in [3.63, 3.8) is 0 Å². The van der Waals surface area contributed by atoms with Gasteiger partial charge in [0.2, 0.25) is 0 Å². The van der Waals surface area contributed by atoms with E-state index < -0.39 is 0 Å². The number of anilines is 6. The fourth-order valence-corrected chi connectivity index (χ4v) is 14.8. The van der Waals surface area contributed by atoms with Gasteiger partial charge in [-0.15, -0.1) is 0 Å². The first-order valence-electron chi connectivity index (χ1n) is 25.6. The van der Waals surface area contributed by atoms with Crippen molar-refractivity contribution >= 4 is 55.7 Å². The van der Waals surface area contributed by atoms with Crippen LogP contribution in [0.5, 0.6) is 0 Å². The van der Waals surface area contributed by atoms with E-state index in [4.69, 9.17) is 0 Å². The fraction of sp³-hybridized carbons (Fsp3) is 0.0423. The molecule has 0 radical (unpaired) electrons. The summed E-state index contributed by atoms with van der Waals surface area (Å²) < 4.78 is 0. The molecular formula is C71H46N2. The van der Waals surface area contributed by atoms with E-state index in [1.807, 2.05) is 0 Å². The lowest BCUT2D eigenvalue weighted by Gasteiger charge is -2.40. The van der Waals surface area contributed by atoms with E-state index in [2.05, 4.69) is 289 Å². The zero-order chi connectivity index (χ0) is 47.9. The molecule has 73 heavy (non-hydrogen) atoms. The van der Waals surface area contributed by atoms with Crippen molar-refractivity contribution in [2.24, 2.45) is 0 Å². The first-order valence-corrected chi connectivity index (χ1v) is 25.6. The van der Waals surface area contributed by atoms with Gasteiger partial charge in [0.15, 0.2) is 0 Å². The Morgan fingerprint density at radius 3 is 1.07 bits per heavy atom. The largest absolute Gasteiger partial charge is 0.310 e. The molecule has 12 aromatic carbocycles. The van der Waals surface area contributed by atoms with Crippen LogP contribution in [0.2, 0.25) is 0 Å². The molecule has 4 aliphatic rings. The van der Waals surface area contributed by atoms with Crippen LogP contribution in [-0.4, -0.2) is 0 Å². The molecule has 1 saturated carbocycles. The number of benzene rings is 12. The van der Waals surface area contributed by atoms with Gasteiger partial charge in [0.25, 0.3) is 0 Å². The Morgan fingerprint density at radius 1 is 0.219 bits per heavy atom. The lowest BCUT2D eigenvalue weighted by Crippen LogP contribution is -2.32. The van der Waals surface area contributed by atoms with Crippen LogP contribution >= 0.6 is 0 Å². The van der Waals surface area contributed by atoms with Crippen LogP contribution in [0.1, 0.15) is 33.4 Å². The molecule has 2 heteroatoms. The molecule has 0 bridgehead atoms.